The highest BCUT2D eigenvalue weighted by molar-refractivity contribution is 7.52. The van der Waals surface area contributed by atoms with Crippen LogP contribution in [0.15, 0.2) is 64.1 Å². The van der Waals surface area contributed by atoms with Crippen LogP contribution in [0.1, 0.15) is 44.9 Å². The van der Waals surface area contributed by atoms with E-state index in [9.17, 15) is 28.4 Å². The van der Waals surface area contributed by atoms with Crippen molar-refractivity contribution < 1.29 is 37.4 Å². The first-order valence-corrected chi connectivity index (χ1v) is 13.6. The van der Waals surface area contributed by atoms with Crippen molar-refractivity contribution in [2.24, 2.45) is 0 Å². The first-order chi connectivity index (χ1) is 18.5. The second-order valence-corrected chi connectivity index (χ2v) is 10.4. The highest BCUT2D eigenvalue weighted by Gasteiger charge is 2.43. The molecule has 0 aliphatic carbocycles. The number of rotatable bonds is 12. The second kappa shape index (κ2) is 13.6. The van der Waals surface area contributed by atoms with Gasteiger partial charge in [-0.25, -0.2) is 13.8 Å². The molecule has 1 aromatic carbocycles. The lowest BCUT2D eigenvalue weighted by Crippen LogP contribution is -2.37. The Labute approximate surface area is 223 Å². The van der Waals surface area contributed by atoms with Crippen LogP contribution in [0.3, 0.4) is 0 Å². The minimum atomic E-state index is -4.35. The maximum absolute atomic E-state index is 13.6. The third kappa shape index (κ3) is 8.32. The maximum atomic E-state index is 13.6. The number of aliphatic hydroxyl groups excluding tert-OH is 1. The molecule has 1 aromatic heterocycles. The number of hydrogen-bond acceptors (Lipinski definition) is 9. The SMILES string of the molecule is COC(=O)C(C)NP(=O)(Oc1ccccc1)OC1OC(n2cc(/C=C/CC/C(C)=C/F)c(=O)[nH]c2=O)CC1O. The van der Waals surface area contributed by atoms with Gasteiger partial charge in [0.2, 0.25) is 0 Å². The Morgan fingerprint density at radius 1 is 1.36 bits per heavy atom. The fourth-order valence-electron chi connectivity index (χ4n) is 3.60. The summed E-state index contributed by atoms with van der Waals surface area (Å²) < 4.78 is 48.6. The number of carbonyl (C=O) groups is 1. The van der Waals surface area contributed by atoms with E-state index >= 15 is 0 Å². The molecule has 2 heterocycles. The van der Waals surface area contributed by atoms with Crippen molar-refractivity contribution in [3.8, 4) is 5.75 Å². The lowest BCUT2D eigenvalue weighted by Gasteiger charge is -2.26. The molecule has 1 aliphatic rings. The molecule has 0 amide bonds. The summed E-state index contributed by atoms with van der Waals surface area (Å²) in [6.07, 6.45) is 1.70. The molecule has 2 aromatic rings. The molecular formula is C25H31FN3O9P. The third-order valence-electron chi connectivity index (χ3n) is 5.66. The molecule has 39 heavy (non-hydrogen) atoms. The summed E-state index contributed by atoms with van der Waals surface area (Å²) in [5.74, 6) is -0.586. The number of allylic oxidation sites excluding steroid dienone is 2. The van der Waals surface area contributed by atoms with Crippen molar-refractivity contribution in [2.75, 3.05) is 7.11 Å². The number of halogens is 1. The molecule has 14 heteroatoms. The van der Waals surface area contributed by atoms with Crippen LogP contribution in [-0.4, -0.2) is 46.2 Å². The van der Waals surface area contributed by atoms with Crippen molar-refractivity contribution in [1.29, 1.82) is 0 Å². The number of carbonyl (C=O) groups excluding carboxylic acids is 1. The van der Waals surface area contributed by atoms with Crippen molar-refractivity contribution in [1.82, 2.24) is 14.6 Å². The molecule has 0 bridgehead atoms. The number of benzene rings is 1. The van der Waals surface area contributed by atoms with E-state index in [1.54, 1.807) is 31.2 Å². The van der Waals surface area contributed by atoms with Crippen molar-refractivity contribution in [2.45, 2.75) is 57.8 Å². The smallest absolute Gasteiger partial charge is 0.461 e. The van der Waals surface area contributed by atoms with E-state index in [-0.39, 0.29) is 17.7 Å². The summed E-state index contributed by atoms with van der Waals surface area (Å²) in [7, 11) is -3.19. The van der Waals surface area contributed by atoms with E-state index in [4.69, 9.17) is 13.8 Å². The zero-order valence-electron chi connectivity index (χ0n) is 21.6. The minimum Gasteiger partial charge on any atom is -0.468 e. The van der Waals surface area contributed by atoms with Gasteiger partial charge in [0.25, 0.3) is 5.56 Å². The molecule has 0 radical (unpaired) electrons. The van der Waals surface area contributed by atoms with Crippen LogP contribution >= 0.6 is 7.75 Å². The zero-order valence-corrected chi connectivity index (χ0v) is 22.5. The second-order valence-electron chi connectivity index (χ2n) is 8.79. The Kier molecular flexibility index (Phi) is 10.6. The monoisotopic (exact) mass is 567 g/mol. The number of esters is 1. The number of aromatic nitrogens is 2. The quantitative estimate of drug-likeness (QED) is 0.257. The number of nitrogens with zero attached hydrogens (tertiary/aromatic N) is 1. The summed E-state index contributed by atoms with van der Waals surface area (Å²) in [6, 6.07) is 6.89. The average Bonchev–Trinajstić information content (AvgIpc) is 3.26. The molecule has 0 saturated carbocycles. The van der Waals surface area contributed by atoms with E-state index in [2.05, 4.69) is 14.8 Å². The van der Waals surface area contributed by atoms with Crippen LogP contribution < -0.4 is 20.9 Å². The first-order valence-electron chi connectivity index (χ1n) is 12.1. The van der Waals surface area contributed by atoms with Gasteiger partial charge in [-0.2, -0.15) is 5.09 Å². The van der Waals surface area contributed by atoms with E-state index in [1.807, 2.05) is 0 Å². The van der Waals surface area contributed by atoms with Gasteiger partial charge in [0, 0.05) is 12.6 Å². The van der Waals surface area contributed by atoms with Gasteiger partial charge in [0.05, 0.1) is 19.0 Å². The van der Waals surface area contributed by atoms with E-state index in [0.29, 0.717) is 24.7 Å². The number of aromatic amines is 1. The highest BCUT2D eigenvalue weighted by Crippen LogP contribution is 2.48. The van der Waals surface area contributed by atoms with Gasteiger partial charge in [-0.1, -0.05) is 30.4 Å². The van der Waals surface area contributed by atoms with Gasteiger partial charge >= 0.3 is 19.4 Å². The molecule has 1 saturated heterocycles. The number of hydrogen-bond donors (Lipinski definition) is 3. The van der Waals surface area contributed by atoms with Crippen LogP contribution in [0.25, 0.3) is 6.08 Å². The third-order valence-corrected chi connectivity index (χ3v) is 7.30. The van der Waals surface area contributed by atoms with Crippen molar-refractivity contribution >= 4 is 19.8 Å². The summed E-state index contributed by atoms with van der Waals surface area (Å²) in [6.45, 7) is 3.02. The number of ether oxygens (including phenoxy) is 2. The summed E-state index contributed by atoms with van der Waals surface area (Å²) in [5.41, 5.74) is -0.766. The molecule has 1 aliphatic heterocycles. The predicted octanol–water partition coefficient (Wildman–Crippen LogP) is 3.16. The van der Waals surface area contributed by atoms with Crippen LogP contribution in [0.4, 0.5) is 4.39 Å². The molecule has 1 fully saturated rings. The average molecular weight is 568 g/mol. The summed E-state index contributed by atoms with van der Waals surface area (Å²) in [4.78, 5) is 38.9. The molecule has 5 unspecified atom stereocenters. The van der Waals surface area contributed by atoms with Gasteiger partial charge in [-0.3, -0.25) is 23.7 Å². The van der Waals surface area contributed by atoms with E-state index in [1.165, 1.54) is 31.3 Å². The Bertz CT molecular complexity index is 1360. The maximum Gasteiger partial charge on any atom is 0.461 e. The van der Waals surface area contributed by atoms with Gasteiger partial charge in [-0.15, -0.1) is 0 Å². The van der Waals surface area contributed by atoms with Crippen LogP contribution in [0, 0.1) is 0 Å². The summed E-state index contributed by atoms with van der Waals surface area (Å²) in [5, 5.41) is 13.1. The lowest BCUT2D eigenvalue weighted by atomic mass is 10.1. The molecule has 0 spiro atoms. The number of aliphatic hydroxyl groups is 1. The topological polar surface area (TPSA) is 158 Å². The van der Waals surface area contributed by atoms with Crippen molar-refractivity contribution in [3.63, 3.8) is 0 Å². The highest BCUT2D eigenvalue weighted by atomic mass is 31.2. The fourth-order valence-corrected chi connectivity index (χ4v) is 5.20. The van der Waals surface area contributed by atoms with E-state index < -0.39 is 49.6 Å². The largest absolute Gasteiger partial charge is 0.468 e. The van der Waals surface area contributed by atoms with Crippen LogP contribution in [-0.2, 0) is 23.4 Å². The van der Waals surface area contributed by atoms with Crippen LogP contribution in [0.2, 0.25) is 0 Å². The number of methoxy groups -OCH3 is 1. The van der Waals surface area contributed by atoms with Gasteiger partial charge < -0.3 is 19.1 Å². The Hall–Kier alpha value is -3.35. The molecule has 3 N–H and O–H groups in total. The number of para-hydroxylation sites is 1. The minimum absolute atomic E-state index is 0.130. The fraction of sp³-hybridized carbons (Fsp3) is 0.400. The Morgan fingerprint density at radius 2 is 2.08 bits per heavy atom. The molecule has 12 nitrogen and oxygen atoms in total. The Morgan fingerprint density at radius 3 is 2.74 bits per heavy atom. The lowest BCUT2D eigenvalue weighted by molar-refractivity contribution is -0.143. The van der Waals surface area contributed by atoms with Crippen molar-refractivity contribution in [3.05, 3.63) is 80.9 Å². The molecule has 212 valence electrons. The zero-order chi connectivity index (χ0) is 28.6. The normalized spacial score (nSPS) is 22.0. The van der Waals surface area contributed by atoms with Gasteiger partial charge in [-0.05, 0) is 44.4 Å². The molecule has 3 rings (SSSR count). The molecule has 5 atom stereocenters. The number of nitrogens with one attached hydrogen (secondary N) is 2. The van der Waals surface area contributed by atoms with Crippen LogP contribution in [0.5, 0.6) is 5.75 Å². The Balaban J connectivity index is 1.80. The summed E-state index contributed by atoms with van der Waals surface area (Å²) >= 11 is 0. The first kappa shape index (κ1) is 30.2. The molecular weight excluding hydrogens is 536 g/mol. The van der Waals surface area contributed by atoms with Gasteiger partial charge in [0.15, 0.2) is 6.29 Å². The van der Waals surface area contributed by atoms with E-state index in [0.717, 1.165) is 11.7 Å². The van der Waals surface area contributed by atoms with Gasteiger partial charge in [0.1, 0.15) is 24.1 Å². The predicted molar refractivity (Wildman–Crippen MR) is 139 cm³/mol. The standard InChI is InChI=1S/C25H31FN3O9P/c1-16(14-26)9-7-8-10-18-15-29(25(33)27-22(18)31)21-13-20(30)24(36-21)38-39(34,28-17(2)23(32)35-3)37-19-11-5-4-6-12-19/h4-6,8,10-12,14-15,17,20-21,24,30H,7,9,13H2,1-3H3,(H,28,34)(H,27,31,33)/b10-8+,16-14+. The number of H-pyrrole nitrogens is 1.